The molecule has 0 atom stereocenters. The lowest BCUT2D eigenvalue weighted by atomic mass is 10.2. The fourth-order valence-electron chi connectivity index (χ4n) is 2.23. The fourth-order valence-corrected chi connectivity index (χ4v) is 2.23. The Morgan fingerprint density at radius 3 is 2.27 bits per heavy atom. The van der Waals surface area contributed by atoms with E-state index in [1.54, 1.807) is 12.1 Å². The number of carboxylic acids is 1. The minimum Gasteiger partial charge on any atom is -0.508 e. The van der Waals surface area contributed by atoms with E-state index in [0.29, 0.717) is 12.2 Å². The minimum absolute atomic E-state index is 0.180. The van der Waals surface area contributed by atoms with Crippen molar-refractivity contribution < 1.29 is 29.6 Å². The first-order valence-electron chi connectivity index (χ1n) is 9.65. The smallest absolute Gasteiger partial charge is 0.339 e. The standard InChI is InChI=1S/C15H24N2O2.C7H6O4/c1-4-5-10-16-14-8-6-13(7-9-14)15(18)19-12-11-17(2)3;8-4-1-2-6(9)5(3-4)7(10)11/h6-9,16H,4-5,10-12H2,1-3H3;1-3,8-9H,(H,10,11). The number of carboxylic acid groups (broad SMARTS) is 1. The van der Waals surface area contributed by atoms with Crippen LogP contribution in [0.2, 0.25) is 0 Å². The lowest BCUT2D eigenvalue weighted by Gasteiger charge is -2.10. The van der Waals surface area contributed by atoms with E-state index in [0.717, 1.165) is 37.3 Å². The molecular formula is C22H30N2O6. The first kappa shape index (κ1) is 24.8. The van der Waals surface area contributed by atoms with Crippen LogP contribution in [0.4, 0.5) is 5.69 Å². The third-order valence-corrected chi connectivity index (χ3v) is 3.96. The lowest BCUT2D eigenvalue weighted by molar-refractivity contribution is 0.0481. The number of likely N-dealkylation sites (N-methyl/N-ethyl adjacent to an activating group) is 1. The molecule has 0 heterocycles. The molecule has 8 heteroatoms. The summed E-state index contributed by atoms with van der Waals surface area (Å²) in [6.07, 6.45) is 2.32. The second-order valence-electron chi connectivity index (χ2n) is 6.80. The number of unbranched alkanes of at least 4 members (excludes halogenated alkanes) is 1. The van der Waals surface area contributed by atoms with Crippen molar-refractivity contribution in [2.24, 2.45) is 0 Å². The van der Waals surface area contributed by atoms with E-state index in [1.807, 2.05) is 31.1 Å². The molecular weight excluding hydrogens is 388 g/mol. The van der Waals surface area contributed by atoms with Crippen molar-refractivity contribution in [3.05, 3.63) is 53.6 Å². The maximum absolute atomic E-state index is 11.7. The monoisotopic (exact) mass is 418 g/mol. The van der Waals surface area contributed by atoms with Gasteiger partial charge in [-0.2, -0.15) is 0 Å². The van der Waals surface area contributed by atoms with Crippen LogP contribution in [-0.4, -0.2) is 65.9 Å². The Morgan fingerprint density at radius 2 is 1.73 bits per heavy atom. The van der Waals surface area contributed by atoms with Gasteiger partial charge in [-0.3, -0.25) is 0 Å². The van der Waals surface area contributed by atoms with Gasteiger partial charge in [-0.1, -0.05) is 13.3 Å². The molecule has 2 rings (SSSR count). The van der Waals surface area contributed by atoms with Gasteiger partial charge in [0.2, 0.25) is 0 Å². The van der Waals surface area contributed by atoms with Gasteiger partial charge < -0.3 is 30.3 Å². The van der Waals surface area contributed by atoms with Gasteiger partial charge in [0.05, 0.1) is 5.56 Å². The molecule has 0 spiro atoms. The van der Waals surface area contributed by atoms with Crippen LogP contribution >= 0.6 is 0 Å². The van der Waals surface area contributed by atoms with Crippen LogP contribution in [-0.2, 0) is 4.74 Å². The van der Waals surface area contributed by atoms with Gasteiger partial charge in [-0.15, -0.1) is 0 Å². The number of phenols is 2. The highest BCUT2D eigenvalue weighted by Crippen LogP contribution is 2.21. The molecule has 0 saturated heterocycles. The van der Waals surface area contributed by atoms with Crippen molar-refractivity contribution in [1.29, 1.82) is 0 Å². The molecule has 0 unspecified atom stereocenters. The number of nitrogens with one attached hydrogen (secondary N) is 1. The summed E-state index contributed by atoms with van der Waals surface area (Å²) < 4.78 is 5.18. The van der Waals surface area contributed by atoms with E-state index in [9.17, 15) is 9.59 Å². The number of hydrogen-bond acceptors (Lipinski definition) is 7. The van der Waals surface area contributed by atoms with E-state index in [4.69, 9.17) is 20.1 Å². The predicted octanol–water partition coefficient (Wildman–Crippen LogP) is 3.41. The summed E-state index contributed by atoms with van der Waals surface area (Å²) in [5, 5.41) is 29.5. The first-order chi connectivity index (χ1) is 14.2. The molecule has 0 fully saturated rings. The van der Waals surface area contributed by atoms with E-state index in [1.165, 1.54) is 12.5 Å². The highest BCUT2D eigenvalue weighted by atomic mass is 16.5. The highest BCUT2D eigenvalue weighted by molar-refractivity contribution is 5.91. The number of hydrogen-bond donors (Lipinski definition) is 4. The van der Waals surface area contributed by atoms with Crippen LogP contribution in [0.1, 0.15) is 40.5 Å². The van der Waals surface area contributed by atoms with Crippen LogP contribution in [0.3, 0.4) is 0 Å². The normalized spacial score (nSPS) is 10.1. The summed E-state index contributed by atoms with van der Waals surface area (Å²) in [5.74, 6) is -2.06. The topological polar surface area (TPSA) is 119 Å². The number of rotatable bonds is 9. The van der Waals surface area contributed by atoms with Crippen molar-refractivity contribution in [3.8, 4) is 11.5 Å². The molecule has 0 aromatic heterocycles. The maximum atomic E-state index is 11.7. The zero-order valence-electron chi connectivity index (χ0n) is 17.6. The van der Waals surface area contributed by atoms with E-state index in [2.05, 4.69) is 12.2 Å². The van der Waals surface area contributed by atoms with Crippen LogP contribution in [0.5, 0.6) is 11.5 Å². The number of anilines is 1. The van der Waals surface area contributed by atoms with E-state index in [-0.39, 0.29) is 23.0 Å². The van der Waals surface area contributed by atoms with Crippen LogP contribution in [0, 0.1) is 0 Å². The molecule has 30 heavy (non-hydrogen) atoms. The van der Waals surface area contributed by atoms with Gasteiger partial charge in [0.1, 0.15) is 23.7 Å². The average Bonchev–Trinajstić information content (AvgIpc) is 2.70. The Hall–Kier alpha value is -3.26. The van der Waals surface area contributed by atoms with E-state index >= 15 is 0 Å². The van der Waals surface area contributed by atoms with Crippen molar-refractivity contribution >= 4 is 17.6 Å². The largest absolute Gasteiger partial charge is 0.508 e. The number of nitrogens with zero attached hydrogens (tertiary/aromatic N) is 1. The van der Waals surface area contributed by atoms with Gasteiger partial charge in [0.25, 0.3) is 0 Å². The second-order valence-corrected chi connectivity index (χ2v) is 6.80. The number of benzene rings is 2. The predicted molar refractivity (Wildman–Crippen MR) is 115 cm³/mol. The minimum atomic E-state index is -1.27. The average molecular weight is 418 g/mol. The molecule has 8 nitrogen and oxygen atoms in total. The Kier molecular flexibility index (Phi) is 10.8. The molecule has 0 aliphatic carbocycles. The molecule has 0 aliphatic heterocycles. The summed E-state index contributed by atoms with van der Waals surface area (Å²) in [5.41, 5.74) is 1.34. The van der Waals surface area contributed by atoms with Crippen LogP contribution in [0.25, 0.3) is 0 Å². The summed E-state index contributed by atoms with van der Waals surface area (Å²) in [4.78, 5) is 24.0. The SMILES string of the molecule is CCCCNc1ccc(C(=O)OCCN(C)C)cc1.O=C(O)c1cc(O)ccc1O. The second kappa shape index (κ2) is 13.1. The lowest BCUT2D eigenvalue weighted by Crippen LogP contribution is -2.20. The number of carbonyl (C=O) groups excluding carboxylic acids is 1. The molecule has 4 N–H and O–H groups in total. The number of aromatic hydroxyl groups is 2. The first-order valence-corrected chi connectivity index (χ1v) is 9.65. The summed E-state index contributed by atoms with van der Waals surface area (Å²) >= 11 is 0. The molecule has 0 bridgehead atoms. The van der Waals surface area contributed by atoms with Crippen molar-refractivity contribution in [1.82, 2.24) is 4.90 Å². The Morgan fingerprint density at radius 1 is 1.07 bits per heavy atom. The highest BCUT2D eigenvalue weighted by Gasteiger charge is 2.09. The molecule has 0 saturated carbocycles. The van der Waals surface area contributed by atoms with Gasteiger partial charge in [0, 0.05) is 18.8 Å². The molecule has 0 aliphatic rings. The maximum Gasteiger partial charge on any atom is 0.339 e. The summed E-state index contributed by atoms with van der Waals surface area (Å²) in [6, 6.07) is 10.7. The number of aromatic carboxylic acids is 1. The summed E-state index contributed by atoms with van der Waals surface area (Å²) in [6.45, 7) is 4.28. The van der Waals surface area contributed by atoms with Gasteiger partial charge in [-0.25, -0.2) is 9.59 Å². The Labute approximate surface area is 176 Å². The van der Waals surface area contributed by atoms with Crippen LogP contribution in [0.15, 0.2) is 42.5 Å². The number of carbonyl (C=O) groups is 2. The molecule has 2 aromatic carbocycles. The number of ether oxygens (including phenoxy) is 1. The van der Waals surface area contributed by atoms with Gasteiger partial charge in [0.15, 0.2) is 0 Å². The molecule has 0 amide bonds. The Bertz CT molecular complexity index is 806. The van der Waals surface area contributed by atoms with Gasteiger partial charge in [-0.05, 0) is 63.0 Å². The van der Waals surface area contributed by atoms with E-state index < -0.39 is 5.97 Å². The summed E-state index contributed by atoms with van der Waals surface area (Å²) in [7, 11) is 3.90. The quantitative estimate of drug-likeness (QED) is 0.278. The van der Waals surface area contributed by atoms with Gasteiger partial charge >= 0.3 is 11.9 Å². The zero-order chi connectivity index (χ0) is 22.5. The third kappa shape index (κ3) is 9.29. The molecule has 0 radical (unpaired) electrons. The van der Waals surface area contributed by atoms with Crippen molar-refractivity contribution in [2.75, 3.05) is 39.1 Å². The Balaban J connectivity index is 0.000000346. The fraction of sp³-hybridized carbons (Fsp3) is 0.364. The zero-order valence-corrected chi connectivity index (χ0v) is 17.6. The van der Waals surface area contributed by atoms with Crippen LogP contribution < -0.4 is 5.32 Å². The third-order valence-electron chi connectivity index (χ3n) is 3.96. The molecule has 164 valence electrons. The molecule has 2 aromatic rings. The number of esters is 1. The number of phenolic OH excluding ortho intramolecular Hbond substituents is 1. The van der Waals surface area contributed by atoms with Crippen molar-refractivity contribution in [2.45, 2.75) is 19.8 Å². The van der Waals surface area contributed by atoms with Crippen molar-refractivity contribution in [3.63, 3.8) is 0 Å².